The molecule has 0 spiro atoms. The Morgan fingerprint density at radius 1 is 1.30 bits per heavy atom. The minimum Gasteiger partial charge on any atom is -0.354 e. The lowest BCUT2D eigenvalue weighted by atomic mass is 10.2. The zero-order chi connectivity index (χ0) is 7.23. The lowest BCUT2D eigenvalue weighted by Gasteiger charge is -2.16. The maximum Gasteiger partial charge on any atom is 0.146 e. The van der Waals surface area contributed by atoms with E-state index in [4.69, 9.17) is 15.9 Å². The average molecular weight is 136 g/mol. The largest absolute Gasteiger partial charge is 0.354 e. The SMILES string of the molecule is C#CC#CC1COCOC1. The number of terminal acetylenes is 1. The fraction of sp³-hybridized carbons (Fsp3) is 0.500. The van der Waals surface area contributed by atoms with Crippen molar-refractivity contribution in [3.05, 3.63) is 0 Å². The smallest absolute Gasteiger partial charge is 0.146 e. The van der Waals surface area contributed by atoms with Crippen LogP contribution in [0.3, 0.4) is 0 Å². The van der Waals surface area contributed by atoms with Gasteiger partial charge < -0.3 is 9.47 Å². The Hall–Kier alpha value is -0.960. The molecule has 0 unspecified atom stereocenters. The third kappa shape index (κ3) is 2.11. The number of rotatable bonds is 0. The second-order valence-electron chi connectivity index (χ2n) is 1.97. The molecule has 2 nitrogen and oxygen atoms in total. The highest BCUT2D eigenvalue weighted by atomic mass is 16.7. The van der Waals surface area contributed by atoms with E-state index in [9.17, 15) is 0 Å². The van der Waals surface area contributed by atoms with E-state index in [1.165, 1.54) is 0 Å². The van der Waals surface area contributed by atoms with Gasteiger partial charge in [0, 0.05) is 0 Å². The van der Waals surface area contributed by atoms with E-state index < -0.39 is 0 Å². The van der Waals surface area contributed by atoms with Crippen LogP contribution in [0.15, 0.2) is 0 Å². The summed E-state index contributed by atoms with van der Waals surface area (Å²) in [7, 11) is 0. The molecule has 1 heterocycles. The van der Waals surface area contributed by atoms with Crippen molar-refractivity contribution in [3.8, 4) is 24.2 Å². The van der Waals surface area contributed by atoms with Gasteiger partial charge >= 0.3 is 0 Å². The van der Waals surface area contributed by atoms with Gasteiger partial charge in [-0.25, -0.2) is 0 Å². The molecule has 0 aromatic heterocycles. The highest BCUT2D eigenvalue weighted by molar-refractivity contribution is 5.23. The van der Waals surface area contributed by atoms with Gasteiger partial charge in [-0.05, 0) is 11.8 Å². The van der Waals surface area contributed by atoms with Crippen molar-refractivity contribution in [2.45, 2.75) is 0 Å². The lowest BCUT2D eigenvalue weighted by molar-refractivity contribution is -0.113. The molecule has 2 heteroatoms. The molecule has 0 aliphatic carbocycles. The van der Waals surface area contributed by atoms with Crippen LogP contribution >= 0.6 is 0 Å². The van der Waals surface area contributed by atoms with Gasteiger partial charge in [0.1, 0.15) is 6.79 Å². The van der Waals surface area contributed by atoms with Crippen molar-refractivity contribution < 1.29 is 9.47 Å². The summed E-state index contributed by atoms with van der Waals surface area (Å²) in [6, 6.07) is 0. The Morgan fingerprint density at radius 3 is 2.60 bits per heavy atom. The molecule has 52 valence electrons. The van der Waals surface area contributed by atoms with Crippen molar-refractivity contribution in [2.24, 2.45) is 5.92 Å². The topological polar surface area (TPSA) is 18.5 Å². The molecule has 1 rings (SSSR count). The predicted octanol–water partition coefficient (Wildman–Crippen LogP) is 0.243. The molecule has 0 aromatic carbocycles. The van der Waals surface area contributed by atoms with Gasteiger partial charge in [0.2, 0.25) is 0 Å². The molecular formula is C8H8O2. The Balaban J connectivity index is 2.34. The number of ether oxygens (including phenoxy) is 2. The van der Waals surface area contributed by atoms with E-state index >= 15 is 0 Å². The molecule has 1 aliphatic rings. The van der Waals surface area contributed by atoms with Crippen molar-refractivity contribution in [2.75, 3.05) is 20.0 Å². The van der Waals surface area contributed by atoms with Crippen LogP contribution in [0, 0.1) is 30.1 Å². The summed E-state index contributed by atoms with van der Waals surface area (Å²) >= 11 is 0. The standard InChI is InChI=1S/C8H8O2/c1-2-3-4-8-5-9-7-10-6-8/h1,8H,5-7H2. The average Bonchev–Trinajstić information content (AvgIpc) is 2.03. The van der Waals surface area contributed by atoms with E-state index in [0.717, 1.165) is 0 Å². The molecule has 0 saturated carbocycles. The first kappa shape index (κ1) is 7.15. The maximum atomic E-state index is 4.99. The molecule has 1 saturated heterocycles. The fourth-order valence-corrected chi connectivity index (χ4v) is 0.715. The Kier molecular flexibility index (Phi) is 2.83. The van der Waals surface area contributed by atoms with Crippen LogP contribution in [0.2, 0.25) is 0 Å². The van der Waals surface area contributed by atoms with Gasteiger partial charge in [-0.15, -0.1) is 6.42 Å². The van der Waals surface area contributed by atoms with Crippen molar-refractivity contribution >= 4 is 0 Å². The molecular weight excluding hydrogens is 128 g/mol. The van der Waals surface area contributed by atoms with E-state index in [2.05, 4.69) is 17.8 Å². The summed E-state index contributed by atoms with van der Waals surface area (Å²) in [6.07, 6.45) is 4.94. The van der Waals surface area contributed by atoms with Crippen LogP contribution < -0.4 is 0 Å². The maximum absolute atomic E-state index is 4.99. The summed E-state index contributed by atoms with van der Waals surface area (Å²) in [6.45, 7) is 1.65. The van der Waals surface area contributed by atoms with E-state index in [0.29, 0.717) is 20.0 Å². The van der Waals surface area contributed by atoms with Crippen LogP contribution in [0.4, 0.5) is 0 Å². The minimum absolute atomic E-state index is 0.157. The van der Waals surface area contributed by atoms with Gasteiger partial charge in [-0.2, -0.15) is 0 Å². The summed E-state index contributed by atoms with van der Waals surface area (Å²) in [4.78, 5) is 0. The first-order valence-electron chi connectivity index (χ1n) is 3.05. The van der Waals surface area contributed by atoms with Crippen molar-refractivity contribution in [1.29, 1.82) is 0 Å². The van der Waals surface area contributed by atoms with Gasteiger partial charge in [0.15, 0.2) is 0 Å². The van der Waals surface area contributed by atoms with Crippen LogP contribution in [0.25, 0.3) is 0 Å². The van der Waals surface area contributed by atoms with Crippen LogP contribution in [0.5, 0.6) is 0 Å². The highest BCUT2D eigenvalue weighted by Crippen LogP contribution is 2.02. The third-order valence-corrected chi connectivity index (χ3v) is 1.15. The number of hydrogen-bond donors (Lipinski definition) is 0. The van der Waals surface area contributed by atoms with Gasteiger partial charge in [-0.1, -0.05) is 5.92 Å². The zero-order valence-corrected chi connectivity index (χ0v) is 5.59. The van der Waals surface area contributed by atoms with Gasteiger partial charge in [-0.3, -0.25) is 0 Å². The predicted molar refractivity (Wildman–Crippen MR) is 36.9 cm³/mol. The monoisotopic (exact) mass is 136 g/mol. The zero-order valence-electron chi connectivity index (χ0n) is 5.59. The molecule has 0 aromatic rings. The summed E-state index contributed by atoms with van der Waals surface area (Å²) in [5.41, 5.74) is 0. The lowest BCUT2D eigenvalue weighted by Crippen LogP contribution is -2.22. The molecule has 0 radical (unpaired) electrons. The molecule has 1 fully saturated rings. The Bertz CT molecular complexity index is 186. The van der Waals surface area contributed by atoms with Crippen LogP contribution in [-0.2, 0) is 9.47 Å². The molecule has 1 aliphatic heterocycles. The number of hydrogen-bond acceptors (Lipinski definition) is 2. The van der Waals surface area contributed by atoms with Gasteiger partial charge in [0.25, 0.3) is 0 Å². The molecule has 10 heavy (non-hydrogen) atoms. The van der Waals surface area contributed by atoms with Crippen molar-refractivity contribution in [1.82, 2.24) is 0 Å². The molecule has 0 atom stereocenters. The Labute approximate surface area is 60.5 Å². The first-order valence-corrected chi connectivity index (χ1v) is 3.05. The summed E-state index contributed by atoms with van der Waals surface area (Å²) < 4.78 is 9.97. The summed E-state index contributed by atoms with van der Waals surface area (Å²) in [5, 5.41) is 0. The van der Waals surface area contributed by atoms with Crippen molar-refractivity contribution in [3.63, 3.8) is 0 Å². The minimum atomic E-state index is 0.157. The fourth-order valence-electron chi connectivity index (χ4n) is 0.715. The second-order valence-corrected chi connectivity index (χ2v) is 1.97. The highest BCUT2D eigenvalue weighted by Gasteiger charge is 2.10. The second kappa shape index (κ2) is 3.95. The molecule has 0 N–H and O–H groups in total. The van der Waals surface area contributed by atoms with E-state index in [1.807, 2.05) is 0 Å². The first-order chi connectivity index (χ1) is 4.93. The van der Waals surface area contributed by atoms with E-state index in [1.54, 1.807) is 0 Å². The van der Waals surface area contributed by atoms with Crippen LogP contribution in [0.1, 0.15) is 0 Å². The van der Waals surface area contributed by atoms with Gasteiger partial charge in [0.05, 0.1) is 19.1 Å². The molecule has 0 amide bonds. The summed E-state index contributed by atoms with van der Waals surface area (Å²) in [5.74, 6) is 7.77. The third-order valence-electron chi connectivity index (χ3n) is 1.15. The Morgan fingerprint density at radius 2 is 2.00 bits per heavy atom. The van der Waals surface area contributed by atoms with E-state index in [-0.39, 0.29) is 5.92 Å². The van der Waals surface area contributed by atoms with Crippen LogP contribution in [-0.4, -0.2) is 20.0 Å². The quantitative estimate of drug-likeness (QED) is 0.444. The molecule has 0 bridgehead atoms. The normalized spacial score (nSPS) is 18.7.